The Labute approximate surface area is 196 Å². The van der Waals surface area contributed by atoms with E-state index in [0.29, 0.717) is 25.3 Å². The summed E-state index contributed by atoms with van der Waals surface area (Å²) in [6, 6.07) is 7.27. The fourth-order valence-corrected chi connectivity index (χ4v) is 3.20. The minimum absolute atomic E-state index is 0. The highest BCUT2D eigenvalue weighted by atomic mass is 127. The topological polar surface area (TPSA) is 63.9 Å². The summed E-state index contributed by atoms with van der Waals surface area (Å²) in [5.41, 5.74) is 2.72. The van der Waals surface area contributed by atoms with Gasteiger partial charge in [-0.05, 0) is 11.1 Å². The zero-order valence-corrected chi connectivity index (χ0v) is 19.8. The van der Waals surface area contributed by atoms with E-state index in [0.717, 1.165) is 23.6 Å². The molecule has 1 saturated heterocycles. The molecule has 0 amide bonds. The molecule has 0 aliphatic carbocycles. The number of hydrogen-bond donors (Lipinski definition) is 1. The standard InChI is InChI=1S/C20H26F3N5O2.HI/c1-24-19(28-7-8-30-18(12-28)17-10-26-27(2)11-17)25-9-15-3-5-16(6-4-15)13-29-14-20(21,22)23;/h3-6,10-11,18H,7-9,12-14H2,1-2H3,(H,24,25);1H. The van der Waals surface area contributed by atoms with Crippen LogP contribution in [-0.2, 0) is 29.7 Å². The molecule has 11 heteroatoms. The Kier molecular flexibility index (Phi) is 9.56. The molecule has 1 unspecified atom stereocenters. The molecule has 2 aromatic rings. The van der Waals surface area contributed by atoms with Crippen LogP contribution >= 0.6 is 24.0 Å². The van der Waals surface area contributed by atoms with Gasteiger partial charge in [-0.1, -0.05) is 24.3 Å². The molecule has 0 bridgehead atoms. The highest BCUT2D eigenvalue weighted by molar-refractivity contribution is 14.0. The summed E-state index contributed by atoms with van der Waals surface area (Å²) in [6.45, 7) is 1.22. The first-order chi connectivity index (χ1) is 14.3. The third-order valence-electron chi connectivity index (χ3n) is 4.68. The highest BCUT2D eigenvalue weighted by Crippen LogP contribution is 2.21. The van der Waals surface area contributed by atoms with Crippen molar-refractivity contribution in [3.05, 3.63) is 53.3 Å². The third-order valence-corrected chi connectivity index (χ3v) is 4.68. The Hall–Kier alpha value is -1.86. The summed E-state index contributed by atoms with van der Waals surface area (Å²) in [7, 11) is 3.61. The number of hydrogen-bond acceptors (Lipinski definition) is 4. The van der Waals surface area contributed by atoms with E-state index in [4.69, 9.17) is 4.74 Å². The number of nitrogens with one attached hydrogen (secondary N) is 1. The van der Waals surface area contributed by atoms with Gasteiger partial charge in [-0.15, -0.1) is 24.0 Å². The lowest BCUT2D eigenvalue weighted by Gasteiger charge is -2.34. The Morgan fingerprint density at radius 1 is 1.29 bits per heavy atom. The van der Waals surface area contributed by atoms with E-state index in [9.17, 15) is 13.2 Å². The molecule has 1 atom stereocenters. The van der Waals surface area contributed by atoms with Crippen molar-refractivity contribution in [1.82, 2.24) is 20.0 Å². The monoisotopic (exact) mass is 553 g/mol. The lowest BCUT2D eigenvalue weighted by Crippen LogP contribution is -2.47. The largest absolute Gasteiger partial charge is 0.411 e. The van der Waals surface area contributed by atoms with Crippen molar-refractivity contribution in [3.8, 4) is 0 Å². The third kappa shape index (κ3) is 7.96. The number of aromatic nitrogens is 2. The second-order valence-corrected chi connectivity index (χ2v) is 7.08. The van der Waals surface area contributed by atoms with Gasteiger partial charge in [0.2, 0.25) is 0 Å². The number of halogens is 4. The molecule has 1 aliphatic rings. The average molecular weight is 553 g/mol. The number of nitrogens with zero attached hydrogens (tertiary/aromatic N) is 4. The fraction of sp³-hybridized carbons (Fsp3) is 0.500. The Bertz CT molecular complexity index is 842. The predicted molar refractivity (Wildman–Crippen MR) is 121 cm³/mol. The van der Waals surface area contributed by atoms with Gasteiger partial charge < -0.3 is 19.7 Å². The predicted octanol–water partition coefficient (Wildman–Crippen LogP) is 3.27. The summed E-state index contributed by atoms with van der Waals surface area (Å²) in [5.74, 6) is 0.768. The van der Waals surface area contributed by atoms with Crippen LogP contribution in [-0.4, -0.2) is 60.2 Å². The minimum atomic E-state index is -4.31. The summed E-state index contributed by atoms with van der Waals surface area (Å²) in [4.78, 5) is 6.51. The summed E-state index contributed by atoms with van der Waals surface area (Å²) in [6.07, 6.45) is -0.619. The molecule has 31 heavy (non-hydrogen) atoms. The quantitative estimate of drug-likeness (QED) is 0.338. The van der Waals surface area contributed by atoms with Crippen molar-refractivity contribution >= 4 is 29.9 Å². The van der Waals surface area contributed by atoms with Crippen LogP contribution in [0.4, 0.5) is 13.2 Å². The van der Waals surface area contributed by atoms with Crippen LogP contribution in [0.2, 0.25) is 0 Å². The number of benzene rings is 1. The maximum atomic E-state index is 12.1. The van der Waals surface area contributed by atoms with Gasteiger partial charge in [0.1, 0.15) is 12.7 Å². The summed E-state index contributed by atoms with van der Waals surface area (Å²) in [5, 5.41) is 7.54. The molecule has 1 N–H and O–H groups in total. The van der Waals surface area contributed by atoms with Crippen LogP contribution < -0.4 is 5.32 Å². The van der Waals surface area contributed by atoms with Crippen molar-refractivity contribution < 1.29 is 22.6 Å². The van der Waals surface area contributed by atoms with E-state index < -0.39 is 12.8 Å². The molecule has 1 fully saturated rings. The van der Waals surface area contributed by atoms with Gasteiger partial charge in [0.15, 0.2) is 5.96 Å². The number of guanidine groups is 1. The normalized spacial score (nSPS) is 17.4. The van der Waals surface area contributed by atoms with E-state index >= 15 is 0 Å². The van der Waals surface area contributed by atoms with Crippen molar-refractivity contribution in [3.63, 3.8) is 0 Å². The van der Waals surface area contributed by atoms with Gasteiger partial charge in [-0.3, -0.25) is 9.67 Å². The van der Waals surface area contributed by atoms with Crippen LogP contribution in [0.1, 0.15) is 22.8 Å². The van der Waals surface area contributed by atoms with Crippen molar-refractivity contribution in [1.29, 1.82) is 0 Å². The summed E-state index contributed by atoms with van der Waals surface area (Å²) < 4.78 is 48.7. The number of ether oxygens (including phenoxy) is 2. The molecule has 2 heterocycles. The molecule has 0 spiro atoms. The lowest BCUT2D eigenvalue weighted by molar-refractivity contribution is -0.176. The Morgan fingerprint density at radius 2 is 2.00 bits per heavy atom. The SMILES string of the molecule is CN=C(NCc1ccc(COCC(F)(F)F)cc1)N1CCOC(c2cnn(C)c2)C1.I. The van der Waals surface area contributed by atoms with E-state index in [1.54, 1.807) is 23.9 Å². The number of rotatable bonds is 6. The zero-order chi connectivity index (χ0) is 21.6. The maximum Gasteiger partial charge on any atom is 0.411 e. The Morgan fingerprint density at radius 3 is 2.61 bits per heavy atom. The smallest absolute Gasteiger partial charge is 0.370 e. The molecule has 1 aromatic carbocycles. The van der Waals surface area contributed by atoms with Crippen molar-refractivity contribution in [2.45, 2.75) is 25.4 Å². The number of aryl methyl sites for hydroxylation is 1. The van der Waals surface area contributed by atoms with Crippen LogP contribution in [0.5, 0.6) is 0 Å². The molecular weight excluding hydrogens is 526 g/mol. The van der Waals surface area contributed by atoms with E-state index in [1.807, 2.05) is 31.6 Å². The average Bonchev–Trinajstić information content (AvgIpc) is 3.15. The molecule has 1 aliphatic heterocycles. The lowest BCUT2D eigenvalue weighted by atomic mass is 10.1. The first-order valence-electron chi connectivity index (χ1n) is 9.62. The molecular formula is C20H27F3IN5O2. The summed E-state index contributed by atoms with van der Waals surface area (Å²) >= 11 is 0. The zero-order valence-electron chi connectivity index (χ0n) is 17.4. The van der Waals surface area contributed by atoms with Crippen molar-refractivity contribution in [2.24, 2.45) is 12.0 Å². The number of alkyl halides is 3. The molecule has 7 nitrogen and oxygen atoms in total. The molecule has 3 rings (SSSR count). The van der Waals surface area contributed by atoms with Gasteiger partial charge in [0.05, 0.1) is 26.0 Å². The van der Waals surface area contributed by atoms with Crippen LogP contribution in [0, 0.1) is 0 Å². The second-order valence-electron chi connectivity index (χ2n) is 7.08. The van der Waals surface area contributed by atoms with Gasteiger partial charge in [0.25, 0.3) is 0 Å². The van der Waals surface area contributed by atoms with Crippen molar-refractivity contribution in [2.75, 3.05) is 33.4 Å². The molecule has 0 saturated carbocycles. The van der Waals surface area contributed by atoms with Crippen LogP contribution in [0.15, 0.2) is 41.7 Å². The molecule has 1 aromatic heterocycles. The van der Waals surface area contributed by atoms with Gasteiger partial charge >= 0.3 is 6.18 Å². The molecule has 172 valence electrons. The second kappa shape index (κ2) is 11.7. The maximum absolute atomic E-state index is 12.1. The fourth-order valence-electron chi connectivity index (χ4n) is 3.20. The Balaban J connectivity index is 0.00000341. The van der Waals surface area contributed by atoms with E-state index in [-0.39, 0.29) is 36.7 Å². The first kappa shape index (κ1) is 25.4. The molecule has 0 radical (unpaired) electrons. The van der Waals surface area contributed by atoms with Gasteiger partial charge in [-0.2, -0.15) is 18.3 Å². The highest BCUT2D eigenvalue weighted by Gasteiger charge is 2.27. The number of morpholine rings is 1. The van der Waals surface area contributed by atoms with E-state index in [1.165, 1.54) is 0 Å². The minimum Gasteiger partial charge on any atom is -0.370 e. The first-order valence-corrected chi connectivity index (χ1v) is 9.62. The number of aliphatic imine (C=N–C) groups is 1. The van der Waals surface area contributed by atoms with E-state index in [2.05, 4.69) is 25.0 Å². The van der Waals surface area contributed by atoms with Crippen LogP contribution in [0.25, 0.3) is 0 Å². The van der Waals surface area contributed by atoms with Crippen LogP contribution in [0.3, 0.4) is 0 Å². The van der Waals surface area contributed by atoms with Gasteiger partial charge in [0, 0.05) is 38.9 Å². The van der Waals surface area contributed by atoms with Gasteiger partial charge in [-0.25, -0.2) is 0 Å².